The molecule has 1 aromatic rings. The Morgan fingerprint density at radius 1 is 1.50 bits per heavy atom. The van der Waals surface area contributed by atoms with Gasteiger partial charge in [-0.2, -0.15) is 0 Å². The summed E-state index contributed by atoms with van der Waals surface area (Å²) in [7, 11) is 2.99. The number of aryl methyl sites for hydroxylation is 1. The average molecular weight is 323 g/mol. The Bertz CT molecular complexity index is 593. The zero-order chi connectivity index (χ0) is 15.6. The third kappa shape index (κ3) is 4.22. The molecule has 0 unspecified atom stereocenters. The van der Waals surface area contributed by atoms with E-state index in [4.69, 9.17) is 15.4 Å². The Morgan fingerprint density at radius 3 is 2.55 bits per heavy atom. The van der Waals surface area contributed by atoms with Crippen molar-refractivity contribution in [1.29, 1.82) is 0 Å². The summed E-state index contributed by atoms with van der Waals surface area (Å²) in [6.07, 6.45) is 1.35. The molecule has 0 saturated carbocycles. The molecule has 0 bridgehead atoms. The highest BCUT2D eigenvalue weighted by Gasteiger charge is 2.22. The number of halogens is 1. The first-order valence-electron chi connectivity index (χ1n) is 6.09. The predicted octanol–water partition coefficient (Wildman–Crippen LogP) is 1.59. The number of aromatic nitrogens is 1. The van der Waals surface area contributed by atoms with Crippen LogP contribution in [0.5, 0.6) is 0 Å². The molecule has 6 nitrogen and oxygen atoms in total. The lowest BCUT2D eigenvalue weighted by atomic mass is 10.1. The van der Waals surface area contributed by atoms with E-state index in [2.05, 4.69) is 5.32 Å². The van der Waals surface area contributed by atoms with Gasteiger partial charge in [0.15, 0.2) is 0 Å². The van der Waals surface area contributed by atoms with Crippen LogP contribution < -0.4 is 5.32 Å². The second-order valence-corrected chi connectivity index (χ2v) is 7.50. The Labute approximate surface area is 123 Å². The molecule has 1 N–H and O–H groups in total. The molecule has 8 heteroatoms. The van der Waals surface area contributed by atoms with E-state index in [1.54, 1.807) is 14.0 Å². The maximum atomic E-state index is 12.1. The monoisotopic (exact) mass is 322 g/mol. The van der Waals surface area contributed by atoms with Crippen LogP contribution in [0.25, 0.3) is 0 Å². The van der Waals surface area contributed by atoms with E-state index in [1.807, 2.05) is 13.8 Å². The van der Waals surface area contributed by atoms with E-state index in [9.17, 15) is 13.2 Å². The third-order valence-electron chi connectivity index (χ3n) is 2.95. The van der Waals surface area contributed by atoms with Gasteiger partial charge in [-0.15, -0.1) is 0 Å². The predicted molar refractivity (Wildman–Crippen MR) is 76.6 cm³/mol. The van der Waals surface area contributed by atoms with E-state index < -0.39 is 14.7 Å². The Morgan fingerprint density at radius 2 is 2.10 bits per heavy atom. The van der Waals surface area contributed by atoms with Crippen LogP contribution in [0.1, 0.15) is 31.3 Å². The van der Waals surface area contributed by atoms with E-state index in [1.165, 1.54) is 16.8 Å². The first-order chi connectivity index (χ1) is 9.10. The van der Waals surface area contributed by atoms with Crippen molar-refractivity contribution in [1.82, 2.24) is 9.88 Å². The van der Waals surface area contributed by atoms with Gasteiger partial charge in [-0.25, -0.2) is 8.42 Å². The van der Waals surface area contributed by atoms with Gasteiger partial charge in [-0.3, -0.25) is 4.79 Å². The number of carbonyl (C=O) groups is 1. The second kappa shape index (κ2) is 6.15. The fourth-order valence-electron chi connectivity index (χ4n) is 1.52. The highest BCUT2D eigenvalue weighted by Crippen LogP contribution is 2.19. The minimum atomic E-state index is -3.85. The van der Waals surface area contributed by atoms with Crippen LogP contribution in [-0.4, -0.2) is 38.1 Å². The molecule has 20 heavy (non-hydrogen) atoms. The van der Waals surface area contributed by atoms with Crippen LogP contribution in [0.2, 0.25) is 0 Å². The van der Waals surface area contributed by atoms with Gasteiger partial charge in [0.05, 0.1) is 5.60 Å². The minimum absolute atomic E-state index is 0.0860. The van der Waals surface area contributed by atoms with Crippen molar-refractivity contribution < 1.29 is 17.9 Å². The van der Waals surface area contributed by atoms with Crippen LogP contribution in [0.4, 0.5) is 0 Å². The summed E-state index contributed by atoms with van der Waals surface area (Å²) in [4.78, 5) is 12.0. The number of rotatable bonds is 6. The number of carbonyl (C=O) groups excluding carboxylic acids is 1. The number of amides is 1. The largest absolute Gasteiger partial charge is 0.377 e. The van der Waals surface area contributed by atoms with Crippen LogP contribution in [0, 0.1) is 0 Å². The van der Waals surface area contributed by atoms with Crippen molar-refractivity contribution in [2.45, 2.75) is 37.8 Å². The van der Waals surface area contributed by atoms with E-state index in [0.717, 1.165) is 0 Å². The van der Waals surface area contributed by atoms with Crippen LogP contribution in [0.15, 0.2) is 17.2 Å². The molecule has 1 aromatic heterocycles. The van der Waals surface area contributed by atoms with Gasteiger partial charge in [0.2, 0.25) is 0 Å². The Kier molecular flexibility index (Phi) is 5.23. The Hall–Kier alpha value is -1.05. The lowest BCUT2D eigenvalue weighted by Gasteiger charge is -2.23. The molecule has 0 aliphatic heterocycles. The van der Waals surface area contributed by atoms with Gasteiger partial charge in [0, 0.05) is 37.1 Å². The van der Waals surface area contributed by atoms with Crippen LogP contribution in [0.3, 0.4) is 0 Å². The zero-order valence-electron chi connectivity index (χ0n) is 11.9. The number of ether oxygens (including phenoxy) is 1. The van der Waals surface area contributed by atoms with Crippen molar-refractivity contribution >= 4 is 25.6 Å². The molecular formula is C12H19ClN2O4S. The summed E-state index contributed by atoms with van der Waals surface area (Å²) >= 11 is 0. The normalized spacial score (nSPS) is 12.4. The quantitative estimate of drug-likeness (QED) is 0.807. The highest BCUT2D eigenvalue weighted by atomic mass is 35.7. The van der Waals surface area contributed by atoms with Gasteiger partial charge in [0.25, 0.3) is 15.0 Å². The molecule has 0 atom stereocenters. The lowest BCUT2D eigenvalue weighted by Crippen LogP contribution is -2.40. The van der Waals surface area contributed by atoms with Gasteiger partial charge in [-0.05, 0) is 26.8 Å². The van der Waals surface area contributed by atoms with Crippen molar-refractivity contribution in [2.75, 3.05) is 13.7 Å². The topological polar surface area (TPSA) is 77.4 Å². The first-order valence-corrected chi connectivity index (χ1v) is 8.40. The average Bonchev–Trinajstić information content (AvgIpc) is 2.80. The van der Waals surface area contributed by atoms with E-state index in [-0.39, 0.29) is 16.5 Å². The molecule has 0 aliphatic rings. The SMILES string of the molecule is CCn1cc(S(=O)(=O)Cl)cc1C(=O)NCC(C)(C)OC. The molecule has 1 amide bonds. The summed E-state index contributed by atoms with van der Waals surface area (Å²) in [5.41, 5.74) is -0.251. The molecular weight excluding hydrogens is 304 g/mol. The first kappa shape index (κ1) is 17.0. The summed E-state index contributed by atoms with van der Waals surface area (Å²) in [5.74, 6) is -0.372. The molecule has 1 rings (SSSR count). The van der Waals surface area contributed by atoms with Gasteiger partial charge < -0.3 is 14.6 Å². The summed E-state index contributed by atoms with van der Waals surface area (Å²) in [6.45, 7) is 6.24. The fourth-order valence-corrected chi connectivity index (χ4v) is 2.28. The summed E-state index contributed by atoms with van der Waals surface area (Å²) in [5, 5.41) is 2.71. The molecule has 0 radical (unpaired) electrons. The Balaban J connectivity index is 2.96. The second-order valence-electron chi connectivity index (χ2n) is 4.93. The molecule has 0 spiro atoms. The van der Waals surface area contributed by atoms with Gasteiger partial charge in [0.1, 0.15) is 10.6 Å². The number of hydrogen-bond donors (Lipinski definition) is 1. The standard InChI is InChI=1S/C12H19ClN2O4S/c1-5-15-7-9(20(13,17)18)6-10(15)11(16)14-8-12(2,3)19-4/h6-7H,5,8H2,1-4H3,(H,14,16). The number of nitrogens with one attached hydrogen (secondary N) is 1. The molecule has 0 saturated heterocycles. The highest BCUT2D eigenvalue weighted by molar-refractivity contribution is 8.13. The van der Waals surface area contributed by atoms with E-state index in [0.29, 0.717) is 13.1 Å². The number of hydrogen-bond acceptors (Lipinski definition) is 4. The number of nitrogens with zero attached hydrogens (tertiary/aromatic N) is 1. The fraction of sp³-hybridized carbons (Fsp3) is 0.583. The van der Waals surface area contributed by atoms with Crippen molar-refractivity contribution in [3.63, 3.8) is 0 Å². The van der Waals surface area contributed by atoms with Gasteiger partial charge >= 0.3 is 0 Å². The zero-order valence-corrected chi connectivity index (χ0v) is 13.5. The van der Waals surface area contributed by atoms with Crippen LogP contribution in [-0.2, 0) is 20.3 Å². The lowest BCUT2D eigenvalue weighted by molar-refractivity contribution is 0.0227. The molecule has 1 heterocycles. The van der Waals surface area contributed by atoms with Crippen molar-refractivity contribution in [3.05, 3.63) is 18.0 Å². The maximum Gasteiger partial charge on any atom is 0.268 e. The smallest absolute Gasteiger partial charge is 0.268 e. The molecule has 0 aromatic carbocycles. The molecule has 0 fully saturated rings. The van der Waals surface area contributed by atoms with E-state index >= 15 is 0 Å². The van der Waals surface area contributed by atoms with Crippen LogP contribution >= 0.6 is 10.7 Å². The number of methoxy groups -OCH3 is 1. The van der Waals surface area contributed by atoms with Crippen molar-refractivity contribution in [3.8, 4) is 0 Å². The van der Waals surface area contributed by atoms with Gasteiger partial charge in [-0.1, -0.05) is 0 Å². The molecule has 114 valence electrons. The minimum Gasteiger partial charge on any atom is -0.377 e. The summed E-state index contributed by atoms with van der Waals surface area (Å²) < 4.78 is 29.3. The third-order valence-corrected chi connectivity index (χ3v) is 4.27. The molecule has 0 aliphatic carbocycles. The summed E-state index contributed by atoms with van der Waals surface area (Å²) in [6, 6.07) is 1.26. The van der Waals surface area contributed by atoms with Crippen molar-refractivity contribution in [2.24, 2.45) is 0 Å². The maximum absolute atomic E-state index is 12.1.